The minimum absolute atomic E-state index is 0.239. The molecule has 0 spiro atoms. The highest BCUT2D eigenvalue weighted by Crippen LogP contribution is 2.42. The van der Waals surface area contributed by atoms with Gasteiger partial charge in [-0.2, -0.15) is 0 Å². The number of fused-ring (bicyclic) bond motifs is 2. The van der Waals surface area contributed by atoms with Crippen LogP contribution in [-0.2, 0) is 17.9 Å². The van der Waals surface area contributed by atoms with Crippen LogP contribution in [-0.4, -0.2) is 46.3 Å². The summed E-state index contributed by atoms with van der Waals surface area (Å²) >= 11 is 0. The number of esters is 1. The number of benzene rings is 2. The summed E-state index contributed by atoms with van der Waals surface area (Å²) in [5.41, 5.74) is 2.83. The van der Waals surface area contributed by atoms with Gasteiger partial charge in [-0.15, -0.1) is 0 Å². The zero-order valence-electron chi connectivity index (χ0n) is 18.4. The molecule has 168 valence electrons. The van der Waals surface area contributed by atoms with E-state index in [0.717, 1.165) is 47.0 Å². The van der Waals surface area contributed by atoms with Crippen LogP contribution in [0.15, 0.2) is 49.3 Å². The zero-order valence-corrected chi connectivity index (χ0v) is 18.4. The number of rotatable bonds is 8. The Labute approximate surface area is 190 Å². The van der Waals surface area contributed by atoms with Crippen LogP contribution in [0, 0.1) is 0 Å². The molecule has 0 unspecified atom stereocenters. The van der Waals surface area contributed by atoms with Gasteiger partial charge < -0.3 is 24.1 Å². The number of hydrogen-bond donors (Lipinski definition) is 1. The molecule has 4 aromatic rings. The number of cyclic esters (lactones) is 1. The molecule has 2 aromatic carbocycles. The van der Waals surface area contributed by atoms with Gasteiger partial charge in [-0.05, 0) is 35.4 Å². The topological polar surface area (TPSA) is 100 Å². The van der Waals surface area contributed by atoms with Crippen LogP contribution in [0.2, 0.25) is 0 Å². The van der Waals surface area contributed by atoms with Crippen molar-refractivity contribution >= 4 is 22.7 Å². The molecule has 1 aliphatic heterocycles. The number of hydrogen-bond acceptors (Lipinski definition) is 8. The third kappa shape index (κ3) is 3.93. The summed E-state index contributed by atoms with van der Waals surface area (Å²) in [6.45, 7) is 1.83. The molecule has 0 aliphatic carbocycles. The summed E-state index contributed by atoms with van der Waals surface area (Å²) in [4.78, 5) is 25.6. The van der Waals surface area contributed by atoms with Gasteiger partial charge in [0.2, 0.25) is 5.95 Å². The van der Waals surface area contributed by atoms with Gasteiger partial charge in [0, 0.05) is 54.6 Å². The molecule has 0 fully saturated rings. The van der Waals surface area contributed by atoms with Crippen molar-refractivity contribution in [3.05, 3.63) is 60.4 Å². The second-order valence-corrected chi connectivity index (χ2v) is 7.67. The zero-order chi connectivity index (χ0) is 22.8. The van der Waals surface area contributed by atoms with Gasteiger partial charge in [0.25, 0.3) is 0 Å². The Balaban J connectivity index is 1.47. The molecule has 1 aliphatic rings. The maximum Gasteiger partial charge on any atom is 0.339 e. The Morgan fingerprint density at radius 3 is 2.61 bits per heavy atom. The average Bonchev–Trinajstić information content (AvgIpc) is 3.50. The van der Waals surface area contributed by atoms with Gasteiger partial charge in [0.1, 0.15) is 6.61 Å². The van der Waals surface area contributed by atoms with Crippen molar-refractivity contribution in [3.63, 3.8) is 0 Å². The van der Waals surface area contributed by atoms with Gasteiger partial charge in [0.05, 0.1) is 26.1 Å². The van der Waals surface area contributed by atoms with E-state index in [1.54, 1.807) is 39.1 Å². The largest absolute Gasteiger partial charge is 0.493 e. The first-order chi connectivity index (χ1) is 16.2. The minimum Gasteiger partial charge on any atom is -0.493 e. The molecule has 33 heavy (non-hydrogen) atoms. The van der Waals surface area contributed by atoms with Gasteiger partial charge >= 0.3 is 5.97 Å². The predicted octanol–water partition coefficient (Wildman–Crippen LogP) is 3.68. The highest BCUT2D eigenvalue weighted by molar-refractivity contribution is 6.11. The number of anilines is 1. The molecule has 5 rings (SSSR count). The molecule has 9 heteroatoms. The second kappa shape index (κ2) is 8.78. The van der Waals surface area contributed by atoms with Gasteiger partial charge in [-0.25, -0.2) is 19.7 Å². The maximum absolute atomic E-state index is 12.6. The average molecular weight is 445 g/mol. The number of methoxy groups -OCH3 is 2. The van der Waals surface area contributed by atoms with E-state index in [1.165, 1.54) is 0 Å². The summed E-state index contributed by atoms with van der Waals surface area (Å²) in [6, 6.07) is 5.73. The summed E-state index contributed by atoms with van der Waals surface area (Å²) < 4.78 is 18.3. The number of nitrogens with zero attached hydrogens (tertiary/aromatic N) is 4. The van der Waals surface area contributed by atoms with Crippen LogP contribution in [0.25, 0.3) is 21.9 Å². The van der Waals surface area contributed by atoms with E-state index >= 15 is 0 Å². The molecule has 2 aromatic heterocycles. The van der Waals surface area contributed by atoms with Crippen LogP contribution in [0.4, 0.5) is 5.95 Å². The van der Waals surface area contributed by atoms with Crippen molar-refractivity contribution in [2.75, 3.05) is 26.1 Å². The molecule has 0 atom stereocenters. The quantitative estimate of drug-likeness (QED) is 0.324. The van der Waals surface area contributed by atoms with E-state index in [4.69, 9.17) is 14.2 Å². The van der Waals surface area contributed by atoms with E-state index in [1.807, 2.05) is 29.0 Å². The third-order valence-electron chi connectivity index (χ3n) is 5.66. The van der Waals surface area contributed by atoms with Crippen molar-refractivity contribution in [3.8, 4) is 22.6 Å². The summed E-state index contributed by atoms with van der Waals surface area (Å²) in [7, 11) is 3.18. The van der Waals surface area contributed by atoms with Crippen LogP contribution in [0.1, 0.15) is 22.3 Å². The fraction of sp³-hybridized carbons (Fsp3) is 0.250. The Morgan fingerprint density at radius 1 is 1.09 bits per heavy atom. The van der Waals surface area contributed by atoms with Gasteiger partial charge in [-0.1, -0.05) is 0 Å². The lowest BCUT2D eigenvalue weighted by atomic mass is 9.91. The molecular formula is C24H23N5O4. The Bertz CT molecular complexity index is 1300. The molecular weight excluding hydrogens is 422 g/mol. The van der Waals surface area contributed by atoms with Crippen molar-refractivity contribution in [1.29, 1.82) is 0 Å². The number of carbonyl (C=O) groups excluding carboxylic acids is 1. The number of carbonyl (C=O) groups is 1. The molecule has 9 nitrogen and oxygen atoms in total. The molecule has 1 N–H and O–H groups in total. The Morgan fingerprint density at radius 2 is 1.88 bits per heavy atom. The number of nitrogens with one attached hydrogen (secondary N) is 1. The first-order valence-electron chi connectivity index (χ1n) is 10.6. The first-order valence-corrected chi connectivity index (χ1v) is 10.6. The van der Waals surface area contributed by atoms with Gasteiger partial charge in [0.15, 0.2) is 11.5 Å². The number of aromatic nitrogens is 4. The Kier molecular flexibility index (Phi) is 5.52. The van der Waals surface area contributed by atoms with E-state index in [0.29, 0.717) is 23.0 Å². The molecule has 0 radical (unpaired) electrons. The number of imidazole rings is 1. The van der Waals surface area contributed by atoms with Crippen LogP contribution < -0.4 is 14.8 Å². The first kappa shape index (κ1) is 20.7. The SMILES string of the molecule is COc1cc2cc3c(c(-c4cnc(NCCCn5ccnc5)nc4)c2cc1OC)C(=O)OC3. The van der Waals surface area contributed by atoms with Gasteiger partial charge in [-0.3, -0.25) is 0 Å². The summed E-state index contributed by atoms with van der Waals surface area (Å²) in [5.74, 6) is 1.38. The standard InChI is InChI=1S/C24H23N5O4/c1-31-19-9-15-8-16-13-33-23(30)22(16)21(18(15)10-20(19)32-2)17-11-27-24(28-12-17)26-4-3-6-29-7-5-25-14-29/h5,7-12,14H,3-4,6,13H2,1-2H3,(H,26,27,28). The lowest BCUT2D eigenvalue weighted by Gasteiger charge is -2.15. The van der Waals surface area contributed by atoms with Crippen LogP contribution in [0.3, 0.4) is 0 Å². The minimum atomic E-state index is -0.349. The van der Waals surface area contributed by atoms with Crippen molar-refractivity contribution in [2.45, 2.75) is 19.6 Å². The van der Waals surface area contributed by atoms with Crippen molar-refractivity contribution in [1.82, 2.24) is 19.5 Å². The number of ether oxygens (including phenoxy) is 3. The molecule has 0 saturated heterocycles. The lowest BCUT2D eigenvalue weighted by Crippen LogP contribution is -2.08. The normalized spacial score (nSPS) is 12.5. The van der Waals surface area contributed by atoms with Crippen molar-refractivity contribution in [2.24, 2.45) is 0 Å². The molecule has 0 bridgehead atoms. The summed E-state index contributed by atoms with van der Waals surface area (Å²) in [5, 5.41) is 4.99. The predicted molar refractivity (Wildman–Crippen MR) is 123 cm³/mol. The molecule has 0 amide bonds. The number of aryl methyl sites for hydroxylation is 1. The second-order valence-electron chi connectivity index (χ2n) is 7.67. The van der Waals surface area contributed by atoms with E-state index in [2.05, 4.69) is 20.3 Å². The van der Waals surface area contributed by atoms with Crippen molar-refractivity contribution < 1.29 is 19.0 Å². The Hall–Kier alpha value is -4.14. The molecule has 0 saturated carbocycles. The lowest BCUT2D eigenvalue weighted by molar-refractivity contribution is 0.0535. The maximum atomic E-state index is 12.6. The van der Waals surface area contributed by atoms with E-state index in [9.17, 15) is 4.79 Å². The summed E-state index contributed by atoms with van der Waals surface area (Å²) in [6.07, 6.45) is 9.85. The fourth-order valence-corrected chi connectivity index (χ4v) is 4.08. The van der Waals surface area contributed by atoms with E-state index < -0.39 is 0 Å². The monoisotopic (exact) mass is 445 g/mol. The molecule has 3 heterocycles. The highest BCUT2D eigenvalue weighted by Gasteiger charge is 2.28. The smallest absolute Gasteiger partial charge is 0.339 e. The fourth-order valence-electron chi connectivity index (χ4n) is 4.08. The van der Waals surface area contributed by atoms with E-state index in [-0.39, 0.29) is 12.6 Å². The third-order valence-corrected chi connectivity index (χ3v) is 5.66. The van der Waals surface area contributed by atoms with Crippen LogP contribution >= 0.6 is 0 Å². The van der Waals surface area contributed by atoms with Crippen LogP contribution in [0.5, 0.6) is 11.5 Å². The highest BCUT2D eigenvalue weighted by atomic mass is 16.5.